The molecule has 0 aliphatic heterocycles. The smallest absolute Gasteiger partial charge is 0.127 e. The topological polar surface area (TPSA) is 45.4 Å². The van der Waals surface area contributed by atoms with Crippen LogP contribution in [0.4, 0.5) is 5.69 Å². The maximum Gasteiger partial charge on any atom is 0.127 e. The molecule has 0 saturated heterocycles. The van der Waals surface area contributed by atoms with Gasteiger partial charge in [0.1, 0.15) is 11.5 Å². The molecular weight excluding hydrogens is 244 g/mol. The van der Waals surface area contributed by atoms with Crippen LogP contribution in [0, 0.1) is 4.78 Å². The third-order valence-corrected chi connectivity index (χ3v) is 2.82. The van der Waals surface area contributed by atoms with Crippen molar-refractivity contribution in [2.75, 3.05) is 12.5 Å². The molecule has 0 fully saturated rings. The van der Waals surface area contributed by atoms with Crippen molar-refractivity contribution in [3.63, 3.8) is 0 Å². The minimum Gasteiger partial charge on any atom is -0.457 e. The largest absolute Gasteiger partial charge is 0.457 e. The Hall–Kier alpha value is -1.81. The molecule has 0 bridgehead atoms. The summed E-state index contributed by atoms with van der Waals surface area (Å²) < 4.78 is 17.8. The zero-order valence-electron chi connectivity index (χ0n) is 10.5. The summed E-state index contributed by atoms with van der Waals surface area (Å²) in [6.45, 7) is 0. The molecule has 2 rings (SSSR count). The van der Waals surface area contributed by atoms with Crippen molar-refractivity contribution in [3.05, 3.63) is 54.6 Å². The van der Waals surface area contributed by atoms with Crippen LogP contribution in [0.25, 0.3) is 0 Å². The molecule has 0 heterocycles. The first-order valence-electron chi connectivity index (χ1n) is 5.57. The van der Waals surface area contributed by atoms with Crippen LogP contribution in [0.5, 0.6) is 11.5 Å². The van der Waals surface area contributed by atoms with Crippen molar-refractivity contribution in [2.24, 2.45) is 4.36 Å². The number of nitrogens with zero attached hydrogens (tertiary/aromatic N) is 1. The highest BCUT2D eigenvalue weighted by atomic mass is 32.2. The van der Waals surface area contributed by atoms with E-state index in [-0.39, 0.29) is 0 Å². The number of nitrogens with one attached hydrogen (secondary N) is 1. The van der Waals surface area contributed by atoms with Gasteiger partial charge in [-0.3, -0.25) is 4.78 Å². The van der Waals surface area contributed by atoms with E-state index < -0.39 is 9.62 Å². The number of hydrogen-bond donors (Lipinski definition) is 1. The van der Waals surface area contributed by atoms with Crippen molar-refractivity contribution in [2.45, 2.75) is 0 Å². The molecule has 4 heteroatoms. The van der Waals surface area contributed by atoms with Gasteiger partial charge >= 0.3 is 0 Å². The Bertz CT molecular complexity index is 619. The number of ether oxygens (including phenoxy) is 1. The van der Waals surface area contributed by atoms with Gasteiger partial charge in [0.2, 0.25) is 0 Å². The monoisotopic (exact) mass is 260 g/mol. The molecule has 0 aliphatic rings. The van der Waals surface area contributed by atoms with Crippen molar-refractivity contribution in [3.8, 4) is 11.5 Å². The van der Waals surface area contributed by atoms with E-state index in [0.717, 1.165) is 17.2 Å². The van der Waals surface area contributed by atoms with Gasteiger partial charge in [-0.1, -0.05) is 27.8 Å². The molecule has 0 amide bonds. The Morgan fingerprint density at radius 2 is 1.44 bits per heavy atom. The molecule has 1 N–H and O–H groups in total. The van der Waals surface area contributed by atoms with Gasteiger partial charge in [0.05, 0.1) is 5.69 Å². The maximum atomic E-state index is 7.79. The van der Waals surface area contributed by atoms with Crippen molar-refractivity contribution in [1.82, 2.24) is 0 Å². The van der Waals surface area contributed by atoms with E-state index in [1.54, 1.807) is 0 Å². The van der Waals surface area contributed by atoms with Crippen molar-refractivity contribution in [1.29, 1.82) is 4.78 Å². The molecule has 0 aliphatic carbocycles. The summed E-state index contributed by atoms with van der Waals surface area (Å²) in [4.78, 5) is 0. The summed E-state index contributed by atoms with van der Waals surface area (Å²) >= 11 is 0. The maximum absolute atomic E-state index is 7.79. The van der Waals surface area contributed by atoms with Crippen LogP contribution in [0.1, 0.15) is 0 Å². The number of benzene rings is 2. The molecule has 2 aromatic carbocycles. The fourth-order valence-corrected chi connectivity index (χ4v) is 2.11. The van der Waals surface area contributed by atoms with E-state index in [2.05, 4.69) is 4.36 Å². The Morgan fingerprint density at radius 3 is 2.00 bits per heavy atom. The zero-order chi connectivity index (χ0) is 13.0. The van der Waals surface area contributed by atoms with E-state index in [1.165, 1.54) is 0 Å². The quantitative estimate of drug-likeness (QED) is 0.869. The number of rotatable bonds is 3. The van der Waals surface area contributed by atoms with Crippen LogP contribution < -0.4 is 4.74 Å². The lowest BCUT2D eigenvalue weighted by molar-refractivity contribution is 0.483. The highest BCUT2D eigenvalue weighted by Gasteiger charge is 1.97. The average Bonchev–Trinajstić information content (AvgIpc) is 2.31. The predicted molar refractivity (Wildman–Crippen MR) is 77.0 cm³/mol. The first kappa shape index (κ1) is 12.6. The molecule has 0 radical (unpaired) electrons. The predicted octanol–water partition coefficient (Wildman–Crippen LogP) is 4.47. The van der Waals surface area contributed by atoms with Crippen molar-refractivity contribution >= 4 is 15.3 Å². The molecule has 0 unspecified atom stereocenters. The fourth-order valence-electron chi connectivity index (χ4n) is 1.46. The molecule has 94 valence electrons. The number of para-hydroxylation sites is 1. The third kappa shape index (κ3) is 3.89. The standard InChI is InChI=1S/C14H16N2OS/c1-18(2,15)16-12-8-10-14(11-9-12)17-13-6-4-3-5-7-13/h3-11,15H,1-2H3. The van der Waals surface area contributed by atoms with Crippen LogP contribution in [0.15, 0.2) is 59.0 Å². The SMILES string of the molecule is CS(C)(=N)=Nc1ccc(Oc2ccccc2)cc1. The molecule has 2 aromatic rings. The lowest BCUT2D eigenvalue weighted by Gasteiger charge is -2.05. The molecular formula is C14H16N2OS. The first-order valence-corrected chi connectivity index (χ1v) is 7.97. The first-order chi connectivity index (χ1) is 8.53. The average molecular weight is 260 g/mol. The van der Waals surface area contributed by atoms with Crippen LogP contribution in [0.2, 0.25) is 0 Å². The van der Waals surface area contributed by atoms with Gasteiger partial charge < -0.3 is 4.74 Å². The van der Waals surface area contributed by atoms with Gasteiger partial charge in [-0.25, -0.2) is 4.36 Å². The Kier molecular flexibility index (Phi) is 3.67. The molecule has 0 spiro atoms. The summed E-state index contributed by atoms with van der Waals surface area (Å²) in [5, 5.41) is 0. The van der Waals surface area contributed by atoms with Gasteiger partial charge in [0, 0.05) is 12.5 Å². The molecule has 0 atom stereocenters. The summed E-state index contributed by atoms with van der Waals surface area (Å²) in [6.07, 6.45) is 3.67. The van der Waals surface area contributed by atoms with Crippen molar-refractivity contribution < 1.29 is 4.74 Å². The highest BCUT2D eigenvalue weighted by molar-refractivity contribution is 7.93. The summed E-state index contributed by atoms with van der Waals surface area (Å²) in [7, 11) is -1.61. The molecule has 0 aromatic heterocycles. The minimum atomic E-state index is -1.61. The van der Waals surface area contributed by atoms with E-state index in [1.807, 2.05) is 67.1 Å². The van der Waals surface area contributed by atoms with Gasteiger partial charge in [-0.05, 0) is 36.4 Å². The second kappa shape index (κ2) is 5.23. The molecule has 0 saturated carbocycles. The molecule has 18 heavy (non-hydrogen) atoms. The van der Waals surface area contributed by atoms with E-state index in [4.69, 9.17) is 9.52 Å². The van der Waals surface area contributed by atoms with Gasteiger partial charge in [0.15, 0.2) is 0 Å². The minimum absolute atomic E-state index is 0.776. The molecule has 3 nitrogen and oxygen atoms in total. The lowest BCUT2D eigenvalue weighted by Crippen LogP contribution is -1.86. The normalized spacial score (nSPS) is 11.0. The number of hydrogen-bond acceptors (Lipinski definition) is 3. The highest BCUT2D eigenvalue weighted by Crippen LogP contribution is 2.24. The lowest BCUT2D eigenvalue weighted by atomic mass is 10.3. The second-order valence-corrected chi connectivity index (χ2v) is 7.00. The third-order valence-electron chi connectivity index (χ3n) is 2.15. The Balaban J connectivity index is 2.16. The van der Waals surface area contributed by atoms with Crippen LogP contribution in [0.3, 0.4) is 0 Å². The van der Waals surface area contributed by atoms with E-state index in [9.17, 15) is 0 Å². The Morgan fingerprint density at radius 1 is 0.889 bits per heavy atom. The van der Waals surface area contributed by atoms with Gasteiger partial charge in [-0.2, -0.15) is 0 Å². The zero-order valence-corrected chi connectivity index (χ0v) is 11.3. The Labute approximate surface area is 108 Å². The summed E-state index contributed by atoms with van der Waals surface area (Å²) in [5.74, 6) is 1.59. The van der Waals surface area contributed by atoms with Gasteiger partial charge in [-0.15, -0.1) is 0 Å². The van der Waals surface area contributed by atoms with E-state index in [0.29, 0.717) is 0 Å². The fraction of sp³-hybridized carbons (Fsp3) is 0.143. The second-order valence-electron chi connectivity index (χ2n) is 4.27. The summed E-state index contributed by atoms with van der Waals surface area (Å²) in [6, 6.07) is 17.1. The van der Waals surface area contributed by atoms with E-state index >= 15 is 0 Å². The van der Waals surface area contributed by atoms with Crippen LogP contribution >= 0.6 is 0 Å². The van der Waals surface area contributed by atoms with Crippen LogP contribution in [-0.2, 0) is 9.62 Å². The summed E-state index contributed by atoms with van der Waals surface area (Å²) in [5.41, 5.74) is 0.824. The van der Waals surface area contributed by atoms with Gasteiger partial charge in [0.25, 0.3) is 0 Å². The van der Waals surface area contributed by atoms with Crippen LogP contribution in [-0.4, -0.2) is 12.5 Å².